The summed E-state index contributed by atoms with van der Waals surface area (Å²) in [5, 5.41) is 3.16. The van der Waals surface area contributed by atoms with Crippen LogP contribution in [0.1, 0.15) is 12.5 Å². The van der Waals surface area contributed by atoms with Gasteiger partial charge in [-0.2, -0.15) is 0 Å². The summed E-state index contributed by atoms with van der Waals surface area (Å²) >= 11 is 0. The summed E-state index contributed by atoms with van der Waals surface area (Å²) < 4.78 is 0. The molecule has 0 fully saturated rings. The Hall–Kier alpha value is -2.10. The standard InChI is InChI=1S/C12H14N4/c1-2-9-3-5-10(6-4-9)16-12-7-11(13)14-8-15-12/h3-8H,2H2,1H3,(H3,13,14,15,16). The van der Waals surface area contributed by atoms with E-state index in [-0.39, 0.29) is 0 Å². The van der Waals surface area contributed by atoms with Crippen LogP contribution in [-0.2, 0) is 6.42 Å². The average molecular weight is 214 g/mol. The van der Waals surface area contributed by atoms with Crippen LogP contribution in [0.2, 0.25) is 0 Å². The first-order valence-electron chi connectivity index (χ1n) is 5.21. The first-order valence-corrected chi connectivity index (χ1v) is 5.21. The Bertz CT molecular complexity index is 465. The van der Waals surface area contributed by atoms with E-state index in [2.05, 4.69) is 34.3 Å². The minimum absolute atomic E-state index is 0.461. The van der Waals surface area contributed by atoms with Crippen LogP contribution in [-0.4, -0.2) is 9.97 Å². The zero-order valence-electron chi connectivity index (χ0n) is 9.14. The van der Waals surface area contributed by atoms with Gasteiger partial charge in [-0.15, -0.1) is 0 Å². The first-order chi connectivity index (χ1) is 7.78. The second kappa shape index (κ2) is 4.61. The van der Waals surface area contributed by atoms with Crippen LogP contribution < -0.4 is 11.1 Å². The number of nitrogens with zero attached hydrogens (tertiary/aromatic N) is 2. The summed E-state index contributed by atoms with van der Waals surface area (Å²) in [5.41, 5.74) is 7.88. The third-order valence-electron chi connectivity index (χ3n) is 2.32. The number of nitrogens with one attached hydrogen (secondary N) is 1. The Kier molecular flexibility index (Phi) is 3.00. The fourth-order valence-corrected chi connectivity index (χ4v) is 1.41. The van der Waals surface area contributed by atoms with E-state index >= 15 is 0 Å². The van der Waals surface area contributed by atoms with E-state index in [0.717, 1.165) is 12.1 Å². The smallest absolute Gasteiger partial charge is 0.135 e. The molecule has 0 bridgehead atoms. The van der Waals surface area contributed by atoms with Crippen molar-refractivity contribution in [1.29, 1.82) is 0 Å². The molecule has 0 aliphatic rings. The number of anilines is 3. The Labute approximate surface area is 94.5 Å². The van der Waals surface area contributed by atoms with Crippen molar-refractivity contribution in [2.75, 3.05) is 11.1 Å². The SMILES string of the molecule is CCc1ccc(Nc2cc(N)ncn2)cc1. The van der Waals surface area contributed by atoms with Crippen LogP contribution in [0.4, 0.5) is 17.3 Å². The molecule has 0 saturated heterocycles. The van der Waals surface area contributed by atoms with Crippen LogP contribution in [0.25, 0.3) is 0 Å². The zero-order valence-corrected chi connectivity index (χ0v) is 9.14. The van der Waals surface area contributed by atoms with Crippen LogP contribution in [0.5, 0.6) is 0 Å². The highest BCUT2D eigenvalue weighted by molar-refractivity contribution is 5.58. The lowest BCUT2D eigenvalue weighted by molar-refractivity contribution is 1.14. The molecule has 0 amide bonds. The monoisotopic (exact) mass is 214 g/mol. The van der Waals surface area contributed by atoms with Crippen molar-refractivity contribution in [3.63, 3.8) is 0 Å². The van der Waals surface area contributed by atoms with Gasteiger partial charge in [0.05, 0.1) is 0 Å². The van der Waals surface area contributed by atoms with Crippen molar-refractivity contribution in [1.82, 2.24) is 9.97 Å². The number of nitrogens with two attached hydrogens (primary N) is 1. The highest BCUT2D eigenvalue weighted by Gasteiger charge is 1.97. The Morgan fingerprint density at radius 2 is 1.94 bits per heavy atom. The van der Waals surface area contributed by atoms with Crippen LogP contribution in [0.15, 0.2) is 36.7 Å². The van der Waals surface area contributed by atoms with E-state index in [0.29, 0.717) is 11.6 Å². The van der Waals surface area contributed by atoms with Gasteiger partial charge in [0.2, 0.25) is 0 Å². The summed E-state index contributed by atoms with van der Waals surface area (Å²) in [5.74, 6) is 1.17. The van der Waals surface area contributed by atoms with E-state index in [1.165, 1.54) is 11.9 Å². The van der Waals surface area contributed by atoms with Crippen LogP contribution in [0.3, 0.4) is 0 Å². The van der Waals surface area contributed by atoms with Crippen LogP contribution in [0, 0.1) is 0 Å². The van der Waals surface area contributed by atoms with Crippen molar-refractivity contribution in [3.8, 4) is 0 Å². The topological polar surface area (TPSA) is 63.8 Å². The Morgan fingerprint density at radius 3 is 2.56 bits per heavy atom. The second-order valence-corrected chi connectivity index (χ2v) is 3.50. The fourth-order valence-electron chi connectivity index (χ4n) is 1.41. The van der Waals surface area contributed by atoms with Gasteiger partial charge >= 0.3 is 0 Å². The maximum atomic E-state index is 5.57. The lowest BCUT2D eigenvalue weighted by Gasteiger charge is -2.06. The highest BCUT2D eigenvalue weighted by Crippen LogP contribution is 2.15. The van der Waals surface area contributed by atoms with E-state index in [1.807, 2.05) is 12.1 Å². The molecule has 16 heavy (non-hydrogen) atoms. The second-order valence-electron chi connectivity index (χ2n) is 3.50. The normalized spacial score (nSPS) is 10.1. The number of aromatic nitrogens is 2. The summed E-state index contributed by atoms with van der Waals surface area (Å²) in [6, 6.07) is 9.93. The maximum absolute atomic E-state index is 5.57. The molecule has 1 aromatic heterocycles. The predicted octanol–water partition coefficient (Wildman–Crippen LogP) is 2.36. The number of rotatable bonds is 3. The molecule has 0 unspecified atom stereocenters. The molecule has 4 nitrogen and oxygen atoms in total. The van der Waals surface area contributed by atoms with E-state index in [1.54, 1.807) is 6.07 Å². The third kappa shape index (κ3) is 2.48. The van der Waals surface area contributed by atoms with Gasteiger partial charge in [0.1, 0.15) is 18.0 Å². The molecule has 4 heteroatoms. The Morgan fingerprint density at radius 1 is 1.19 bits per heavy atom. The predicted molar refractivity (Wildman–Crippen MR) is 65.5 cm³/mol. The molecule has 0 radical (unpaired) electrons. The van der Waals surface area contributed by atoms with Crippen molar-refractivity contribution < 1.29 is 0 Å². The number of benzene rings is 1. The largest absolute Gasteiger partial charge is 0.384 e. The molecular formula is C12H14N4. The third-order valence-corrected chi connectivity index (χ3v) is 2.32. The minimum Gasteiger partial charge on any atom is -0.384 e. The van der Waals surface area contributed by atoms with Gasteiger partial charge in [-0.25, -0.2) is 9.97 Å². The van der Waals surface area contributed by atoms with Gasteiger partial charge < -0.3 is 11.1 Å². The van der Waals surface area contributed by atoms with E-state index in [4.69, 9.17) is 5.73 Å². The number of nitrogen functional groups attached to an aromatic ring is 1. The number of hydrogen-bond donors (Lipinski definition) is 2. The summed E-state index contributed by atoms with van der Waals surface area (Å²) in [6.07, 6.45) is 2.48. The number of aryl methyl sites for hydroxylation is 1. The first kappa shape index (κ1) is 10.4. The summed E-state index contributed by atoms with van der Waals surface area (Å²) in [7, 11) is 0. The van der Waals surface area contributed by atoms with Gasteiger partial charge in [-0.05, 0) is 24.1 Å². The van der Waals surface area contributed by atoms with Gasteiger partial charge in [-0.1, -0.05) is 19.1 Å². The molecule has 0 aliphatic heterocycles. The van der Waals surface area contributed by atoms with E-state index < -0.39 is 0 Å². The lowest BCUT2D eigenvalue weighted by atomic mass is 10.1. The molecule has 0 saturated carbocycles. The average Bonchev–Trinajstić information content (AvgIpc) is 2.30. The maximum Gasteiger partial charge on any atom is 0.135 e. The Balaban J connectivity index is 2.14. The molecule has 2 rings (SSSR count). The molecular weight excluding hydrogens is 200 g/mol. The van der Waals surface area contributed by atoms with E-state index in [9.17, 15) is 0 Å². The van der Waals surface area contributed by atoms with Gasteiger partial charge in [-0.3, -0.25) is 0 Å². The van der Waals surface area contributed by atoms with Crippen molar-refractivity contribution in [3.05, 3.63) is 42.2 Å². The van der Waals surface area contributed by atoms with Gasteiger partial charge in [0.15, 0.2) is 0 Å². The summed E-state index contributed by atoms with van der Waals surface area (Å²) in [4.78, 5) is 7.91. The van der Waals surface area contributed by atoms with Crippen molar-refractivity contribution >= 4 is 17.3 Å². The van der Waals surface area contributed by atoms with Gasteiger partial charge in [0.25, 0.3) is 0 Å². The molecule has 2 aromatic rings. The lowest BCUT2D eigenvalue weighted by Crippen LogP contribution is -1.97. The molecule has 0 spiro atoms. The van der Waals surface area contributed by atoms with Crippen molar-refractivity contribution in [2.45, 2.75) is 13.3 Å². The highest BCUT2D eigenvalue weighted by atomic mass is 15.0. The number of hydrogen-bond acceptors (Lipinski definition) is 4. The zero-order chi connectivity index (χ0) is 11.4. The quantitative estimate of drug-likeness (QED) is 0.823. The molecule has 1 heterocycles. The van der Waals surface area contributed by atoms with Crippen molar-refractivity contribution in [2.24, 2.45) is 0 Å². The molecule has 1 aromatic carbocycles. The van der Waals surface area contributed by atoms with Crippen LogP contribution >= 0.6 is 0 Å². The fraction of sp³-hybridized carbons (Fsp3) is 0.167. The minimum atomic E-state index is 0.461. The molecule has 0 aliphatic carbocycles. The summed E-state index contributed by atoms with van der Waals surface area (Å²) in [6.45, 7) is 2.13. The molecule has 0 atom stereocenters. The molecule has 3 N–H and O–H groups in total. The molecule has 82 valence electrons. The van der Waals surface area contributed by atoms with Gasteiger partial charge in [0, 0.05) is 11.8 Å².